The summed E-state index contributed by atoms with van der Waals surface area (Å²) in [6.07, 6.45) is 4.43. The van der Waals surface area contributed by atoms with E-state index >= 15 is 0 Å². The van der Waals surface area contributed by atoms with E-state index in [9.17, 15) is 0 Å². The fourth-order valence-electron chi connectivity index (χ4n) is 3.95. The zero-order valence-corrected chi connectivity index (χ0v) is 12.2. The second-order valence-electron chi connectivity index (χ2n) is 7.17. The lowest BCUT2D eigenvalue weighted by atomic mass is 10.1. The summed E-state index contributed by atoms with van der Waals surface area (Å²) in [5.41, 5.74) is 3.95. The van der Waals surface area contributed by atoms with E-state index in [1.54, 1.807) is 0 Å². The number of hydrogen-bond donors (Lipinski definition) is 0. The molecule has 2 saturated carbocycles. The predicted molar refractivity (Wildman–Crippen MR) is 76.6 cm³/mol. The van der Waals surface area contributed by atoms with Crippen LogP contribution in [0.25, 0.3) is 0 Å². The molecule has 0 N–H and O–H groups in total. The van der Waals surface area contributed by atoms with Crippen molar-refractivity contribution in [3.63, 3.8) is 0 Å². The number of hydrogen-bond acceptors (Lipinski definition) is 2. The van der Waals surface area contributed by atoms with Gasteiger partial charge in [0.25, 0.3) is 0 Å². The van der Waals surface area contributed by atoms with Crippen LogP contribution in [0.5, 0.6) is 5.75 Å². The van der Waals surface area contributed by atoms with Gasteiger partial charge in [-0.2, -0.15) is 0 Å². The average molecular weight is 257 g/mol. The van der Waals surface area contributed by atoms with Crippen LogP contribution in [0.3, 0.4) is 0 Å². The van der Waals surface area contributed by atoms with E-state index in [1.807, 2.05) is 0 Å². The van der Waals surface area contributed by atoms with Crippen molar-refractivity contribution in [1.82, 2.24) is 4.90 Å². The summed E-state index contributed by atoms with van der Waals surface area (Å²) < 4.78 is 6.17. The van der Waals surface area contributed by atoms with E-state index in [4.69, 9.17) is 4.74 Å². The summed E-state index contributed by atoms with van der Waals surface area (Å²) in [5.74, 6) is 1.04. The number of benzene rings is 1. The van der Waals surface area contributed by atoms with Crippen LogP contribution in [-0.2, 0) is 0 Å². The van der Waals surface area contributed by atoms with Crippen molar-refractivity contribution in [3.8, 4) is 5.75 Å². The van der Waals surface area contributed by atoms with Gasteiger partial charge >= 0.3 is 0 Å². The Balaban J connectivity index is 1.40. The Hall–Kier alpha value is -1.02. The van der Waals surface area contributed by atoms with Crippen molar-refractivity contribution in [2.75, 3.05) is 13.1 Å². The molecule has 19 heavy (non-hydrogen) atoms. The van der Waals surface area contributed by atoms with Crippen molar-refractivity contribution < 1.29 is 4.74 Å². The number of rotatable bonds is 3. The lowest BCUT2D eigenvalue weighted by Gasteiger charge is -2.20. The van der Waals surface area contributed by atoms with E-state index in [-0.39, 0.29) is 0 Å². The van der Waals surface area contributed by atoms with E-state index in [2.05, 4.69) is 43.9 Å². The van der Waals surface area contributed by atoms with Gasteiger partial charge in [0, 0.05) is 18.6 Å². The first-order valence-electron chi connectivity index (χ1n) is 7.51. The molecule has 1 unspecified atom stereocenters. The highest BCUT2D eigenvalue weighted by Crippen LogP contribution is 2.81. The molecule has 0 bridgehead atoms. The molecule has 1 atom stereocenters. The third-order valence-electron chi connectivity index (χ3n) is 5.77. The van der Waals surface area contributed by atoms with Crippen LogP contribution in [0.1, 0.15) is 37.3 Å². The van der Waals surface area contributed by atoms with Crippen LogP contribution >= 0.6 is 0 Å². The van der Waals surface area contributed by atoms with Gasteiger partial charge in [0.15, 0.2) is 0 Å². The van der Waals surface area contributed by atoms with Gasteiger partial charge in [-0.1, -0.05) is 13.0 Å². The molecular formula is C17H23NO. The lowest BCUT2D eigenvalue weighted by molar-refractivity contribution is 0.186. The molecule has 0 radical (unpaired) electrons. The van der Waals surface area contributed by atoms with Crippen molar-refractivity contribution in [2.45, 2.75) is 51.7 Å². The van der Waals surface area contributed by atoms with Gasteiger partial charge < -0.3 is 4.74 Å². The Morgan fingerprint density at radius 3 is 2.58 bits per heavy atom. The number of ether oxygens (including phenoxy) is 1. The summed E-state index contributed by atoms with van der Waals surface area (Å²) >= 11 is 0. The molecule has 1 aromatic rings. The topological polar surface area (TPSA) is 12.5 Å². The smallest absolute Gasteiger partial charge is 0.120 e. The minimum atomic E-state index is 0.391. The Morgan fingerprint density at radius 1 is 1.21 bits per heavy atom. The van der Waals surface area contributed by atoms with Crippen molar-refractivity contribution >= 4 is 0 Å². The van der Waals surface area contributed by atoms with Gasteiger partial charge in [0.2, 0.25) is 0 Å². The first kappa shape index (κ1) is 11.8. The largest absolute Gasteiger partial charge is 0.489 e. The summed E-state index contributed by atoms with van der Waals surface area (Å²) in [7, 11) is 0. The lowest BCUT2D eigenvalue weighted by Crippen LogP contribution is -2.31. The second kappa shape index (κ2) is 3.54. The maximum atomic E-state index is 6.17. The SMILES string of the molecule is Cc1ccc(OC2CCN(C34CC3(C)C4)C2)cc1C. The van der Waals surface area contributed by atoms with Crippen LogP contribution < -0.4 is 4.74 Å². The molecule has 1 aromatic carbocycles. The van der Waals surface area contributed by atoms with Crippen LogP contribution in [0.15, 0.2) is 18.2 Å². The van der Waals surface area contributed by atoms with E-state index in [1.165, 1.54) is 36.9 Å². The van der Waals surface area contributed by atoms with Gasteiger partial charge in [-0.15, -0.1) is 0 Å². The second-order valence-corrected chi connectivity index (χ2v) is 7.17. The first-order chi connectivity index (χ1) is 9.02. The zero-order chi connectivity index (χ0) is 13.3. The molecule has 1 heterocycles. The third-order valence-corrected chi connectivity index (χ3v) is 5.77. The van der Waals surface area contributed by atoms with Crippen LogP contribution in [0.4, 0.5) is 0 Å². The van der Waals surface area contributed by atoms with Gasteiger partial charge in [-0.3, -0.25) is 4.90 Å². The molecule has 1 saturated heterocycles. The quantitative estimate of drug-likeness (QED) is 0.823. The number of nitrogens with zero attached hydrogens (tertiary/aromatic N) is 1. The first-order valence-corrected chi connectivity index (χ1v) is 7.51. The Bertz CT molecular complexity index is 530. The van der Waals surface area contributed by atoms with Crippen LogP contribution in [0.2, 0.25) is 0 Å². The van der Waals surface area contributed by atoms with Crippen LogP contribution in [0, 0.1) is 19.3 Å². The highest BCUT2D eigenvalue weighted by atomic mass is 16.5. The van der Waals surface area contributed by atoms with Gasteiger partial charge in [-0.25, -0.2) is 0 Å². The monoisotopic (exact) mass is 257 g/mol. The Morgan fingerprint density at radius 2 is 1.95 bits per heavy atom. The minimum Gasteiger partial charge on any atom is -0.489 e. The maximum absolute atomic E-state index is 6.17. The summed E-state index contributed by atoms with van der Waals surface area (Å²) in [6.45, 7) is 9.09. The minimum absolute atomic E-state index is 0.391. The third kappa shape index (κ3) is 1.66. The normalized spacial score (nSPS) is 40.1. The molecule has 4 rings (SSSR count). The number of fused-ring (bicyclic) bond motifs is 1. The molecular weight excluding hydrogens is 234 g/mol. The number of likely N-dealkylation sites (tertiary alicyclic amines) is 1. The predicted octanol–water partition coefficient (Wildman–Crippen LogP) is 3.31. The molecule has 0 spiro atoms. The molecule has 102 valence electrons. The van der Waals surface area contributed by atoms with E-state index in [0.29, 0.717) is 17.1 Å². The van der Waals surface area contributed by atoms with E-state index < -0.39 is 0 Å². The fourth-order valence-corrected chi connectivity index (χ4v) is 3.95. The highest BCUT2D eigenvalue weighted by molar-refractivity contribution is 5.37. The summed E-state index contributed by atoms with van der Waals surface area (Å²) in [4.78, 5) is 2.69. The molecule has 2 aliphatic carbocycles. The fraction of sp³-hybridized carbons (Fsp3) is 0.647. The zero-order valence-electron chi connectivity index (χ0n) is 12.2. The molecule has 1 aliphatic heterocycles. The average Bonchev–Trinajstić information content (AvgIpc) is 3.00. The summed E-state index contributed by atoms with van der Waals surface area (Å²) in [6, 6.07) is 6.45. The van der Waals surface area contributed by atoms with Gasteiger partial charge in [-0.05, 0) is 61.8 Å². The molecule has 0 amide bonds. The maximum Gasteiger partial charge on any atom is 0.120 e. The molecule has 3 aliphatic rings. The molecule has 0 aromatic heterocycles. The van der Waals surface area contributed by atoms with Gasteiger partial charge in [0.1, 0.15) is 11.9 Å². The van der Waals surface area contributed by atoms with Crippen molar-refractivity contribution in [1.29, 1.82) is 0 Å². The van der Waals surface area contributed by atoms with Crippen molar-refractivity contribution in [2.24, 2.45) is 5.41 Å². The standard InChI is InChI=1S/C17H23NO/c1-12-4-5-14(8-13(12)2)19-15-6-7-18(9-15)17-10-16(17,3)11-17/h4-5,8,15H,6-7,9-11H2,1-3H3. The summed E-state index contributed by atoms with van der Waals surface area (Å²) in [5, 5.41) is 0. The molecule has 2 nitrogen and oxygen atoms in total. The molecule has 2 heteroatoms. The Kier molecular flexibility index (Phi) is 2.20. The Labute approximate surface area is 115 Å². The van der Waals surface area contributed by atoms with Crippen molar-refractivity contribution in [3.05, 3.63) is 29.3 Å². The van der Waals surface area contributed by atoms with Gasteiger partial charge in [0.05, 0.1) is 0 Å². The van der Waals surface area contributed by atoms with E-state index in [0.717, 1.165) is 12.3 Å². The highest BCUT2D eigenvalue weighted by Gasteiger charge is 2.82. The van der Waals surface area contributed by atoms with Crippen LogP contribution in [-0.4, -0.2) is 29.6 Å². The number of aryl methyl sites for hydroxylation is 2. The molecule has 3 fully saturated rings.